The third kappa shape index (κ3) is 1.40. The van der Waals surface area contributed by atoms with Gasteiger partial charge in [0.2, 0.25) is 11.9 Å². The van der Waals surface area contributed by atoms with Crippen LogP contribution in [0, 0.1) is 0 Å². The summed E-state index contributed by atoms with van der Waals surface area (Å²) in [6.07, 6.45) is 1.05. The van der Waals surface area contributed by atoms with Gasteiger partial charge in [0.1, 0.15) is 6.33 Å². The number of nitrogens with two attached hydrogens (primary N) is 1. The van der Waals surface area contributed by atoms with Crippen molar-refractivity contribution in [1.82, 2.24) is 14.5 Å². The molecule has 6 nitrogen and oxygen atoms in total. The molecule has 0 aliphatic carbocycles. The molecule has 1 rings (SSSR count). The van der Waals surface area contributed by atoms with Crippen molar-refractivity contribution in [2.45, 2.75) is 6.92 Å². The molecule has 1 aromatic heterocycles. The number of hydrogen-bond acceptors (Lipinski definition) is 5. The smallest absolute Gasteiger partial charge is 0.358 e. The van der Waals surface area contributed by atoms with Crippen molar-refractivity contribution in [3.63, 3.8) is 0 Å². The fourth-order valence-electron chi connectivity index (χ4n) is 0.563. The van der Waals surface area contributed by atoms with Gasteiger partial charge in [-0.05, 0) is 0 Å². The van der Waals surface area contributed by atoms with E-state index < -0.39 is 11.6 Å². The standard InChI is InChI=1S/C5H6N4O2/c1-3(10)9-2-7-4(6)8-5(9)11/h2H,1H3,(H2,6,8,11). The lowest BCUT2D eigenvalue weighted by molar-refractivity contribution is 0.0929. The zero-order valence-electron chi connectivity index (χ0n) is 5.81. The molecule has 1 heterocycles. The summed E-state index contributed by atoms with van der Waals surface area (Å²) in [5.74, 6) is -0.567. The summed E-state index contributed by atoms with van der Waals surface area (Å²) in [4.78, 5) is 28.1. The molecule has 0 saturated carbocycles. The highest BCUT2D eigenvalue weighted by Crippen LogP contribution is 1.81. The van der Waals surface area contributed by atoms with Crippen molar-refractivity contribution in [1.29, 1.82) is 0 Å². The lowest BCUT2D eigenvalue weighted by atomic mass is 10.7. The average Bonchev–Trinajstić information content (AvgIpc) is 1.85. The molecule has 0 radical (unpaired) electrons. The first-order chi connectivity index (χ1) is 5.11. The number of hydrogen-bond donors (Lipinski definition) is 1. The van der Waals surface area contributed by atoms with Crippen molar-refractivity contribution in [2.75, 3.05) is 5.73 Å². The molecule has 0 spiro atoms. The van der Waals surface area contributed by atoms with Gasteiger partial charge in [0, 0.05) is 6.92 Å². The molecule has 2 N–H and O–H groups in total. The molecule has 58 valence electrons. The summed E-state index contributed by atoms with van der Waals surface area (Å²) >= 11 is 0. The van der Waals surface area contributed by atoms with Gasteiger partial charge in [-0.2, -0.15) is 4.98 Å². The van der Waals surface area contributed by atoms with Crippen LogP contribution in [0.1, 0.15) is 11.7 Å². The summed E-state index contributed by atoms with van der Waals surface area (Å²) < 4.78 is 0.774. The number of aromatic nitrogens is 3. The Bertz CT molecular complexity index is 343. The monoisotopic (exact) mass is 154 g/mol. The Morgan fingerprint density at radius 1 is 1.73 bits per heavy atom. The normalized spacial score (nSPS) is 9.55. The Balaban J connectivity index is 3.32. The maximum absolute atomic E-state index is 10.8. The Morgan fingerprint density at radius 3 is 2.82 bits per heavy atom. The van der Waals surface area contributed by atoms with E-state index in [0.717, 1.165) is 10.9 Å². The van der Waals surface area contributed by atoms with Gasteiger partial charge in [-0.3, -0.25) is 4.79 Å². The van der Waals surface area contributed by atoms with E-state index in [1.165, 1.54) is 6.92 Å². The average molecular weight is 154 g/mol. The number of nitrogen functional groups attached to an aromatic ring is 1. The fourth-order valence-corrected chi connectivity index (χ4v) is 0.563. The van der Waals surface area contributed by atoms with Crippen LogP contribution in [-0.2, 0) is 0 Å². The van der Waals surface area contributed by atoms with Crippen LogP contribution in [-0.4, -0.2) is 20.4 Å². The molecule has 0 amide bonds. The van der Waals surface area contributed by atoms with E-state index in [0.29, 0.717) is 0 Å². The summed E-state index contributed by atoms with van der Waals surface area (Å²) in [6, 6.07) is 0. The molecule has 0 aliphatic heterocycles. The SMILES string of the molecule is CC(=O)n1cnc(N)nc1=O. The van der Waals surface area contributed by atoms with Crippen LogP contribution in [0.25, 0.3) is 0 Å². The quantitative estimate of drug-likeness (QED) is 0.511. The van der Waals surface area contributed by atoms with Gasteiger partial charge in [0.25, 0.3) is 0 Å². The van der Waals surface area contributed by atoms with E-state index >= 15 is 0 Å². The number of nitrogens with zero attached hydrogens (tertiary/aromatic N) is 3. The second-order valence-corrected chi connectivity index (χ2v) is 1.89. The van der Waals surface area contributed by atoms with Crippen LogP contribution in [0.3, 0.4) is 0 Å². The molecular formula is C5H6N4O2. The first kappa shape index (κ1) is 7.39. The Labute approximate surface area is 61.7 Å². The van der Waals surface area contributed by atoms with Crippen LogP contribution in [0.5, 0.6) is 0 Å². The van der Waals surface area contributed by atoms with Gasteiger partial charge >= 0.3 is 5.69 Å². The molecule has 0 atom stereocenters. The highest BCUT2D eigenvalue weighted by Gasteiger charge is 2.01. The van der Waals surface area contributed by atoms with Gasteiger partial charge < -0.3 is 5.73 Å². The van der Waals surface area contributed by atoms with Crippen molar-refractivity contribution in [3.05, 3.63) is 16.8 Å². The van der Waals surface area contributed by atoms with Crippen LogP contribution in [0.15, 0.2) is 11.1 Å². The van der Waals surface area contributed by atoms with Crippen LogP contribution < -0.4 is 11.4 Å². The van der Waals surface area contributed by atoms with Crippen molar-refractivity contribution >= 4 is 11.9 Å². The molecule has 6 heteroatoms. The van der Waals surface area contributed by atoms with Gasteiger partial charge in [-0.25, -0.2) is 14.3 Å². The minimum Gasteiger partial charge on any atom is -0.368 e. The predicted octanol–water partition coefficient (Wildman–Crippen LogP) is -1.12. The summed E-state index contributed by atoms with van der Waals surface area (Å²) in [6.45, 7) is 1.24. The predicted molar refractivity (Wildman–Crippen MR) is 37.0 cm³/mol. The van der Waals surface area contributed by atoms with Gasteiger partial charge in [-0.1, -0.05) is 0 Å². The Hall–Kier alpha value is -1.72. The third-order valence-electron chi connectivity index (χ3n) is 1.06. The molecule has 1 aromatic rings. The number of rotatable bonds is 0. The van der Waals surface area contributed by atoms with Crippen LogP contribution >= 0.6 is 0 Å². The first-order valence-electron chi connectivity index (χ1n) is 2.83. The van der Waals surface area contributed by atoms with E-state index in [2.05, 4.69) is 9.97 Å². The summed E-state index contributed by atoms with van der Waals surface area (Å²) in [5.41, 5.74) is 4.38. The van der Waals surface area contributed by atoms with E-state index in [4.69, 9.17) is 5.73 Å². The van der Waals surface area contributed by atoms with E-state index in [-0.39, 0.29) is 5.95 Å². The lowest BCUT2D eigenvalue weighted by Gasteiger charge is -1.95. The highest BCUT2D eigenvalue weighted by atomic mass is 16.2. The molecule has 0 fully saturated rings. The minimum absolute atomic E-state index is 0.132. The number of carbonyl (C=O) groups is 1. The first-order valence-corrected chi connectivity index (χ1v) is 2.83. The molecular weight excluding hydrogens is 148 g/mol. The van der Waals surface area contributed by atoms with Crippen molar-refractivity contribution in [2.24, 2.45) is 0 Å². The largest absolute Gasteiger partial charge is 0.368 e. The summed E-state index contributed by atoms with van der Waals surface area (Å²) in [7, 11) is 0. The molecule has 0 aromatic carbocycles. The maximum atomic E-state index is 10.8. The Kier molecular flexibility index (Phi) is 1.67. The lowest BCUT2D eigenvalue weighted by Crippen LogP contribution is -2.28. The molecule has 0 unspecified atom stereocenters. The zero-order chi connectivity index (χ0) is 8.43. The molecule has 0 saturated heterocycles. The van der Waals surface area contributed by atoms with E-state index in [1.54, 1.807) is 0 Å². The Morgan fingerprint density at radius 2 is 2.36 bits per heavy atom. The summed E-state index contributed by atoms with van der Waals surface area (Å²) in [5, 5.41) is 0. The number of carbonyl (C=O) groups excluding carboxylic acids is 1. The topological polar surface area (TPSA) is 90.9 Å². The van der Waals surface area contributed by atoms with E-state index in [1.807, 2.05) is 0 Å². The number of anilines is 1. The highest BCUT2D eigenvalue weighted by molar-refractivity contribution is 5.75. The fraction of sp³-hybridized carbons (Fsp3) is 0.200. The van der Waals surface area contributed by atoms with Crippen molar-refractivity contribution in [3.8, 4) is 0 Å². The van der Waals surface area contributed by atoms with Crippen LogP contribution in [0.2, 0.25) is 0 Å². The molecule has 11 heavy (non-hydrogen) atoms. The van der Waals surface area contributed by atoms with Crippen molar-refractivity contribution < 1.29 is 4.79 Å². The van der Waals surface area contributed by atoms with E-state index in [9.17, 15) is 9.59 Å². The maximum Gasteiger partial charge on any atom is 0.358 e. The molecule has 0 bridgehead atoms. The van der Waals surface area contributed by atoms with Crippen LogP contribution in [0.4, 0.5) is 5.95 Å². The van der Waals surface area contributed by atoms with Gasteiger partial charge in [0.05, 0.1) is 0 Å². The third-order valence-corrected chi connectivity index (χ3v) is 1.06. The van der Waals surface area contributed by atoms with Gasteiger partial charge in [0.15, 0.2) is 0 Å². The molecule has 0 aliphatic rings. The minimum atomic E-state index is -0.704. The van der Waals surface area contributed by atoms with Gasteiger partial charge in [-0.15, -0.1) is 0 Å². The second kappa shape index (κ2) is 2.49. The second-order valence-electron chi connectivity index (χ2n) is 1.89. The zero-order valence-corrected chi connectivity index (χ0v) is 5.81.